The molecule has 0 aliphatic carbocycles. The normalized spacial score (nSPS) is 11.6. The number of para-hydroxylation sites is 4. The fourth-order valence-electron chi connectivity index (χ4n) is 7.70. The lowest BCUT2D eigenvalue weighted by Gasteiger charge is -2.18. The van der Waals surface area contributed by atoms with E-state index in [2.05, 4.69) is 135 Å². The fourth-order valence-corrected chi connectivity index (χ4v) is 7.70. The van der Waals surface area contributed by atoms with Gasteiger partial charge >= 0.3 is 0 Å². The van der Waals surface area contributed by atoms with Crippen LogP contribution in [-0.2, 0) is 0 Å². The molecule has 0 atom stereocenters. The van der Waals surface area contributed by atoms with Crippen molar-refractivity contribution in [3.8, 4) is 28.6 Å². The average Bonchev–Trinajstić information content (AvgIpc) is 3.81. The molecular formula is C44H24N4O. The molecule has 49 heavy (non-hydrogen) atoms. The van der Waals surface area contributed by atoms with E-state index in [1.165, 1.54) is 0 Å². The molecule has 0 fully saturated rings. The Hall–Kier alpha value is -7.08. The third-order valence-electron chi connectivity index (χ3n) is 9.77. The van der Waals surface area contributed by atoms with Gasteiger partial charge in [-0.05, 0) is 66.7 Å². The van der Waals surface area contributed by atoms with Crippen LogP contribution in [0.5, 0.6) is 0 Å². The third-order valence-corrected chi connectivity index (χ3v) is 9.77. The van der Waals surface area contributed by atoms with Crippen molar-refractivity contribution >= 4 is 71.2 Å². The Morgan fingerprint density at radius 2 is 1.14 bits per heavy atom. The smallest absolute Gasteiger partial charge is 0.188 e. The summed E-state index contributed by atoms with van der Waals surface area (Å²) in [6.45, 7) is 7.54. The minimum atomic E-state index is 0.596. The number of hydrogen-bond donors (Lipinski definition) is 0. The van der Waals surface area contributed by atoms with Gasteiger partial charge in [0.15, 0.2) is 5.69 Å². The SMILES string of the molecule is [C-]#[N+]c1ccc2oc3c(ccc4c3c3ccccc3n4-c3ccccc3-c3ccccc3-n3c4ccccc4c4cc(C#N)ccc43)c2c1. The first-order chi connectivity index (χ1) is 24.2. The molecule has 0 aliphatic heterocycles. The molecule has 0 N–H and O–H groups in total. The highest BCUT2D eigenvalue weighted by Crippen LogP contribution is 2.44. The number of nitrogens with zero attached hydrogens (tertiary/aromatic N) is 4. The molecule has 10 aromatic rings. The van der Waals surface area contributed by atoms with Gasteiger partial charge in [-0.1, -0.05) is 78.9 Å². The zero-order chi connectivity index (χ0) is 32.6. The lowest BCUT2D eigenvalue weighted by atomic mass is 10.0. The van der Waals surface area contributed by atoms with E-state index in [9.17, 15) is 5.26 Å². The Bertz CT molecular complexity index is 3090. The summed E-state index contributed by atoms with van der Waals surface area (Å²) in [4.78, 5) is 3.66. The molecule has 5 nitrogen and oxygen atoms in total. The van der Waals surface area contributed by atoms with Crippen molar-refractivity contribution in [1.29, 1.82) is 5.26 Å². The minimum absolute atomic E-state index is 0.596. The fraction of sp³-hybridized carbons (Fsp3) is 0. The third kappa shape index (κ3) is 3.79. The highest BCUT2D eigenvalue weighted by Gasteiger charge is 2.22. The van der Waals surface area contributed by atoms with Gasteiger partial charge in [-0.25, -0.2) is 4.85 Å². The predicted molar refractivity (Wildman–Crippen MR) is 199 cm³/mol. The summed E-state index contributed by atoms with van der Waals surface area (Å²) in [5.41, 5.74) is 11.4. The van der Waals surface area contributed by atoms with Crippen molar-refractivity contribution in [3.63, 3.8) is 0 Å². The number of hydrogen-bond acceptors (Lipinski definition) is 2. The number of benzene rings is 7. The van der Waals surface area contributed by atoms with E-state index >= 15 is 0 Å². The number of nitriles is 1. The lowest BCUT2D eigenvalue weighted by molar-refractivity contribution is 0.673. The molecule has 7 aromatic carbocycles. The Balaban J connectivity index is 1.28. The number of aromatic nitrogens is 2. The van der Waals surface area contributed by atoms with Crippen LogP contribution < -0.4 is 0 Å². The average molecular weight is 625 g/mol. The zero-order valence-electron chi connectivity index (χ0n) is 26.1. The second-order valence-electron chi connectivity index (χ2n) is 12.3. The van der Waals surface area contributed by atoms with Crippen LogP contribution in [0.3, 0.4) is 0 Å². The molecule has 3 heterocycles. The molecule has 0 aliphatic rings. The summed E-state index contributed by atoms with van der Waals surface area (Å²) in [6.07, 6.45) is 0. The van der Waals surface area contributed by atoms with Crippen LogP contribution in [0.1, 0.15) is 5.56 Å². The van der Waals surface area contributed by atoms with Crippen LogP contribution in [0.2, 0.25) is 0 Å². The molecule has 0 unspecified atom stereocenters. The maximum absolute atomic E-state index is 9.70. The lowest BCUT2D eigenvalue weighted by Crippen LogP contribution is -2.01. The maximum Gasteiger partial charge on any atom is 0.188 e. The Labute approximate surface area is 280 Å². The minimum Gasteiger partial charge on any atom is -0.455 e. The molecule has 226 valence electrons. The van der Waals surface area contributed by atoms with Crippen molar-refractivity contribution in [2.75, 3.05) is 0 Å². The molecule has 0 radical (unpaired) electrons. The number of fused-ring (bicyclic) bond motifs is 10. The first kappa shape index (κ1) is 27.1. The van der Waals surface area contributed by atoms with Gasteiger partial charge < -0.3 is 13.6 Å². The van der Waals surface area contributed by atoms with Gasteiger partial charge in [-0.15, -0.1) is 0 Å². The first-order valence-electron chi connectivity index (χ1n) is 16.1. The van der Waals surface area contributed by atoms with E-state index in [-0.39, 0.29) is 0 Å². The molecule has 10 rings (SSSR count). The van der Waals surface area contributed by atoms with E-state index in [1.54, 1.807) is 0 Å². The van der Waals surface area contributed by atoms with Gasteiger partial charge in [0.25, 0.3) is 0 Å². The van der Waals surface area contributed by atoms with Crippen LogP contribution in [0.15, 0.2) is 150 Å². The summed E-state index contributed by atoms with van der Waals surface area (Å²) < 4.78 is 11.2. The second kappa shape index (κ2) is 10.2. The van der Waals surface area contributed by atoms with Crippen molar-refractivity contribution < 1.29 is 4.42 Å². The van der Waals surface area contributed by atoms with E-state index in [1.807, 2.05) is 30.3 Å². The summed E-state index contributed by atoms with van der Waals surface area (Å²) in [5.74, 6) is 0. The highest BCUT2D eigenvalue weighted by molar-refractivity contribution is 6.24. The molecule has 0 amide bonds. The van der Waals surface area contributed by atoms with E-state index < -0.39 is 0 Å². The number of rotatable bonds is 3. The topological polar surface area (TPSA) is 51.1 Å². The highest BCUT2D eigenvalue weighted by atomic mass is 16.3. The Morgan fingerprint density at radius 3 is 1.88 bits per heavy atom. The van der Waals surface area contributed by atoms with Crippen LogP contribution in [0, 0.1) is 17.9 Å². The van der Waals surface area contributed by atoms with Gasteiger partial charge in [0, 0.05) is 38.1 Å². The Kier molecular flexibility index (Phi) is 5.64. The molecular weight excluding hydrogens is 601 g/mol. The summed E-state index contributed by atoms with van der Waals surface area (Å²) in [6, 6.07) is 52.2. The van der Waals surface area contributed by atoms with E-state index in [0.717, 1.165) is 88.1 Å². The van der Waals surface area contributed by atoms with Gasteiger partial charge in [-0.3, -0.25) is 0 Å². The van der Waals surface area contributed by atoms with Gasteiger partial charge in [0.1, 0.15) is 11.2 Å². The molecule has 3 aromatic heterocycles. The summed E-state index contributed by atoms with van der Waals surface area (Å²) >= 11 is 0. The van der Waals surface area contributed by atoms with Crippen molar-refractivity contribution in [2.24, 2.45) is 0 Å². The van der Waals surface area contributed by atoms with Gasteiger partial charge in [0.05, 0.1) is 57.0 Å². The summed E-state index contributed by atoms with van der Waals surface area (Å²) in [7, 11) is 0. The molecule has 0 spiro atoms. The van der Waals surface area contributed by atoms with E-state index in [4.69, 9.17) is 11.0 Å². The van der Waals surface area contributed by atoms with Crippen molar-refractivity contribution in [2.45, 2.75) is 0 Å². The molecule has 5 heteroatoms. The second-order valence-corrected chi connectivity index (χ2v) is 12.3. The molecule has 0 saturated carbocycles. The first-order valence-corrected chi connectivity index (χ1v) is 16.1. The zero-order valence-corrected chi connectivity index (χ0v) is 26.1. The largest absolute Gasteiger partial charge is 0.455 e. The van der Waals surface area contributed by atoms with Crippen LogP contribution in [0.25, 0.3) is 92.9 Å². The number of furan rings is 1. The van der Waals surface area contributed by atoms with Gasteiger partial charge in [0.2, 0.25) is 0 Å². The quantitative estimate of drug-likeness (QED) is 0.184. The standard InChI is InChI=1S/C44H24N4O/c1-46-28-19-23-42-35(25-28)32-20-22-41-43(44(32)49-42)33-13-5-9-17-39(33)48(41)37-15-7-3-11-30(37)29-10-2-6-14-36(29)47-38-16-8-4-12-31(38)34-24-27(26-45)18-21-40(34)47/h2-25H. The van der Waals surface area contributed by atoms with Crippen LogP contribution in [-0.4, -0.2) is 9.13 Å². The van der Waals surface area contributed by atoms with Crippen LogP contribution >= 0.6 is 0 Å². The van der Waals surface area contributed by atoms with Gasteiger partial charge in [-0.2, -0.15) is 5.26 Å². The molecule has 0 bridgehead atoms. The predicted octanol–water partition coefficient (Wildman–Crippen LogP) is 11.9. The van der Waals surface area contributed by atoms with Crippen LogP contribution in [0.4, 0.5) is 5.69 Å². The van der Waals surface area contributed by atoms with Crippen molar-refractivity contribution in [1.82, 2.24) is 9.13 Å². The maximum atomic E-state index is 9.70. The molecule has 0 saturated heterocycles. The Morgan fingerprint density at radius 1 is 0.531 bits per heavy atom. The monoisotopic (exact) mass is 624 g/mol. The summed E-state index contributed by atoms with van der Waals surface area (Å²) in [5, 5.41) is 16.0. The van der Waals surface area contributed by atoms with Crippen molar-refractivity contribution in [3.05, 3.63) is 163 Å². The van der Waals surface area contributed by atoms with E-state index in [0.29, 0.717) is 11.3 Å².